The van der Waals surface area contributed by atoms with Gasteiger partial charge in [-0.3, -0.25) is 9.69 Å². The number of amides is 1. The van der Waals surface area contributed by atoms with E-state index < -0.39 is 0 Å². The summed E-state index contributed by atoms with van der Waals surface area (Å²) < 4.78 is 16.5. The summed E-state index contributed by atoms with van der Waals surface area (Å²) in [7, 11) is 0. The molecular weight excluding hydrogens is 296 g/mol. The first-order chi connectivity index (χ1) is 11.2. The zero-order valence-corrected chi connectivity index (χ0v) is 13.8. The molecule has 0 spiro atoms. The van der Waals surface area contributed by atoms with E-state index in [-0.39, 0.29) is 5.91 Å². The summed E-state index contributed by atoms with van der Waals surface area (Å²) in [5, 5.41) is 0. The fraction of sp³-hybridized carbons (Fsp3) is 0.706. The van der Waals surface area contributed by atoms with Gasteiger partial charge in [0.05, 0.1) is 31.1 Å². The first kappa shape index (κ1) is 16.5. The van der Waals surface area contributed by atoms with Gasteiger partial charge in [0.1, 0.15) is 5.76 Å². The van der Waals surface area contributed by atoms with Crippen molar-refractivity contribution in [1.29, 1.82) is 0 Å². The van der Waals surface area contributed by atoms with Crippen LogP contribution in [0.4, 0.5) is 0 Å². The van der Waals surface area contributed by atoms with E-state index in [0.717, 1.165) is 58.8 Å². The number of furan rings is 1. The third-order valence-electron chi connectivity index (χ3n) is 4.63. The number of aryl methyl sites for hydroxylation is 1. The molecule has 0 radical (unpaired) electrons. The fourth-order valence-corrected chi connectivity index (χ4v) is 3.14. The molecule has 0 saturated carbocycles. The number of hydrogen-bond acceptors (Lipinski definition) is 5. The van der Waals surface area contributed by atoms with Crippen LogP contribution in [0.15, 0.2) is 16.7 Å². The Balaban J connectivity index is 1.33. The van der Waals surface area contributed by atoms with Crippen LogP contribution in [0.2, 0.25) is 0 Å². The number of ether oxygens (including phenoxy) is 2. The highest BCUT2D eigenvalue weighted by Gasteiger charge is 2.24. The van der Waals surface area contributed by atoms with Crippen molar-refractivity contribution in [3.05, 3.63) is 23.7 Å². The zero-order chi connectivity index (χ0) is 16.1. The van der Waals surface area contributed by atoms with Gasteiger partial charge in [0, 0.05) is 39.3 Å². The Labute approximate surface area is 137 Å². The molecule has 2 aliphatic rings. The molecule has 0 aromatic carbocycles. The van der Waals surface area contributed by atoms with Gasteiger partial charge in [0.2, 0.25) is 0 Å². The predicted octanol–water partition coefficient (Wildman–Crippen LogP) is 1.54. The first-order valence-corrected chi connectivity index (χ1v) is 8.49. The van der Waals surface area contributed by atoms with Crippen LogP contribution in [0.5, 0.6) is 0 Å². The highest BCUT2D eigenvalue weighted by molar-refractivity contribution is 5.95. The molecule has 0 bridgehead atoms. The van der Waals surface area contributed by atoms with Crippen LogP contribution in [0.1, 0.15) is 29.0 Å². The number of carbonyl (C=O) groups is 1. The summed E-state index contributed by atoms with van der Waals surface area (Å²) in [5.41, 5.74) is 0.679. The Kier molecular flexibility index (Phi) is 5.70. The molecular formula is C17H26N2O4. The van der Waals surface area contributed by atoms with Crippen molar-refractivity contribution in [2.45, 2.75) is 25.9 Å². The standard InChI is InChI=1S/C17H26N2O4/c1-14-16(4-11-22-14)17(20)19-7-5-18(6-8-19)9-12-21-13-15-3-2-10-23-15/h4,11,15H,2-3,5-10,12-13H2,1H3. The minimum atomic E-state index is 0.0746. The molecule has 6 heteroatoms. The molecule has 3 heterocycles. The SMILES string of the molecule is Cc1occc1C(=O)N1CCN(CCOCC2CCCO2)CC1. The van der Waals surface area contributed by atoms with E-state index >= 15 is 0 Å². The Morgan fingerprint density at radius 3 is 2.83 bits per heavy atom. The predicted molar refractivity (Wildman–Crippen MR) is 85.6 cm³/mol. The molecule has 0 N–H and O–H groups in total. The zero-order valence-electron chi connectivity index (χ0n) is 13.8. The number of hydrogen-bond donors (Lipinski definition) is 0. The Hall–Kier alpha value is -1.37. The first-order valence-electron chi connectivity index (χ1n) is 8.49. The van der Waals surface area contributed by atoms with Gasteiger partial charge in [-0.05, 0) is 25.8 Å². The summed E-state index contributed by atoms with van der Waals surface area (Å²) in [4.78, 5) is 16.7. The minimum absolute atomic E-state index is 0.0746. The second-order valence-corrected chi connectivity index (χ2v) is 6.23. The second kappa shape index (κ2) is 7.95. The lowest BCUT2D eigenvalue weighted by Crippen LogP contribution is -2.49. The largest absolute Gasteiger partial charge is 0.469 e. The van der Waals surface area contributed by atoms with Gasteiger partial charge in [-0.2, -0.15) is 0 Å². The van der Waals surface area contributed by atoms with Crippen molar-refractivity contribution < 1.29 is 18.7 Å². The van der Waals surface area contributed by atoms with E-state index in [4.69, 9.17) is 13.9 Å². The maximum atomic E-state index is 12.4. The van der Waals surface area contributed by atoms with Crippen LogP contribution in [0.3, 0.4) is 0 Å². The van der Waals surface area contributed by atoms with E-state index in [9.17, 15) is 4.79 Å². The summed E-state index contributed by atoms with van der Waals surface area (Å²) in [6.45, 7) is 8.36. The van der Waals surface area contributed by atoms with Gasteiger partial charge in [-0.1, -0.05) is 0 Å². The number of carbonyl (C=O) groups excluding carboxylic acids is 1. The third kappa shape index (κ3) is 4.34. The van der Waals surface area contributed by atoms with Crippen LogP contribution in [-0.4, -0.2) is 74.4 Å². The molecule has 2 aliphatic heterocycles. The summed E-state index contributed by atoms with van der Waals surface area (Å²) in [6, 6.07) is 1.75. The Morgan fingerprint density at radius 2 is 2.17 bits per heavy atom. The van der Waals surface area contributed by atoms with Crippen LogP contribution >= 0.6 is 0 Å². The van der Waals surface area contributed by atoms with E-state index in [0.29, 0.717) is 24.0 Å². The molecule has 1 aromatic heterocycles. The summed E-state index contributed by atoms with van der Waals surface area (Å²) in [5.74, 6) is 0.769. The Morgan fingerprint density at radius 1 is 1.35 bits per heavy atom. The smallest absolute Gasteiger partial charge is 0.257 e. The molecule has 1 atom stereocenters. The molecule has 1 aromatic rings. The van der Waals surface area contributed by atoms with Crippen molar-refractivity contribution in [2.24, 2.45) is 0 Å². The lowest BCUT2D eigenvalue weighted by atomic mass is 10.2. The average molecular weight is 322 g/mol. The van der Waals surface area contributed by atoms with Gasteiger partial charge in [-0.25, -0.2) is 0 Å². The maximum absolute atomic E-state index is 12.4. The fourth-order valence-electron chi connectivity index (χ4n) is 3.14. The monoisotopic (exact) mass is 322 g/mol. The van der Waals surface area contributed by atoms with Gasteiger partial charge in [0.25, 0.3) is 5.91 Å². The number of nitrogens with zero attached hydrogens (tertiary/aromatic N) is 2. The lowest BCUT2D eigenvalue weighted by Gasteiger charge is -2.34. The van der Waals surface area contributed by atoms with Crippen molar-refractivity contribution in [1.82, 2.24) is 9.80 Å². The maximum Gasteiger partial charge on any atom is 0.257 e. The van der Waals surface area contributed by atoms with Crippen LogP contribution in [0, 0.1) is 6.92 Å². The normalized spacial score (nSPS) is 22.7. The second-order valence-electron chi connectivity index (χ2n) is 6.23. The minimum Gasteiger partial charge on any atom is -0.469 e. The van der Waals surface area contributed by atoms with E-state index in [1.165, 1.54) is 0 Å². The third-order valence-corrected chi connectivity index (χ3v) is 4.63. The van der Waals surface area contributed by atoms with Gasteiger partial charge >= 0.3 is 0 Å². The molecule has 1 amide bonds. The molecule has 2 fully saturated rings. The van der Waals surface area contributed by atoms with E-state index in [1.54, 1.807) is 12.3 Å². The van der Waals surface area contributed by atoms with Crippen molar-refractivity contribution in [3.63, 3.8) is 0 Å². The average Bonchev–Trinajstić information content (AvgIpc) is 3.23. The molecule has 0 aliphatic carbocycles. The quantitative estimate of drug-likeness (QED) is 0.744. The molecule has 23 heavy (non-hydrogen) atoms. The van der Waals surface area contributed by atoms with Crippen molar-refractivity contribution in [2.75, 3.05) is 52.5 Å². The highest BCUT2D eigenvalue weighted by atomic mass is 16.5. The van der Waals surface area contributed by atoms with E-state index in [2.05, 4.69) is 4.90 Å². The molecule has 6 nitrogen and oxygen atoms in total. The summed E-state index contributed by atoms with van der Waals surface area (Å²) in [6.07, 6.45) is 4.14. The topological polar surface area (TPSA) is 55.2 Å². The lowest BCUT2D eigenvalue weighted by molar-refractivity contribution is 0.00656. The van der Waals surface area contributed by atoms with Gasteiger partial charge < -0.3 is 18.8 Å². The van der Waals surface area contributed by atoms with Crippen LogP contribution in [0.25, 0.3) is 0 Å². The number of rotatable bonds is 6. The molecule has 128 valence electrons. The van der Waals surface area contributed by atoms with Crippen molar-refractivity contribution >= 4 is 5.91 Å². The molecule has 1 unspecified atom stereocenters. The molecule has 2 saturated heterocycles. The highest BCUT2D eigenvalue weighted by Crippen LogP contribution is 2.14. The Bertz CT molecular complexity index is 502. The summed E-state index contributed by atoms with van der Waals surface area (Å²) >= 11 is 0. The van der Waals surface area contributed by atoms with Crippen LogP contribution in [-0.2, 0) is 9.47 Å². The van der Waals surface area contributed by atoms with Gasteiger partial charge in [-0.15, -0.1) is 0 Å². The van der Waals surface area contributed by atoms with Gasteiger partial charge in [0.15, 0.2) is 0 Å². The molecule has 3 rings (SSSR count). The number of piperazine rings is 1. The van der Waals surface area contributed by atoms with E-state index in [1.807, 2.05) is 11.8 Å². The van der Waals surface area contributed by atoms with Crippen molar-refractivity contribution in [3.8, 4) is 0 Å². The van der Waals surface area contributed by atoms with Crippen LogP contribution < -0.4 is 0 Å².